The van der Waals surface area contributed by atoms with Crippen LogP contribution in [-0.2, 0) is 17.1 Å². The Morgan fingerprint density at radius 1 is 1.21 bits per heavy atom. The lowest BCUT2D eigenvalue weighted by atomic mass is 10.1. The standard InChI is InChI=1S/C21H23N3O3S2/c1-13-5-14(2)7-16(6-13)23-20(26)10-24-9-19(27-4)18(25)8-17(24)12-29-21-22-15(3)11-28-21/h5-9,11H,10,12H2,1-4H3,(H,23,26). The summed E-state index contributed by atoms with van der Waals surface area (Å²) in [6.07, 6.45) is 1.59. The fraction of sp³-hybridized carbons (Fsp3) is 0.286. The van der Waals surface area contributed by atoms with Crippen LogP contribution in [0.15, 0.2) is 45.0 Å². The number of nitrogens with one attached hydrogen (secondary N) is 1. The highest BCUT2D eigenvalue weighted by Crippen LogP contribution is 2.26. The number of pyridine rings is 1. The second-order valence-corrected chi connectivity index (χ2v) is 8.87. The Kier molecular flexibility index (Phi) is 6.76. The molecule has 0 bridgehead atoms. The number of methoxy groups -OCH3 is 1. The predicted molar refractivity (Wildman–Crippen MR) is 118 cm³/mol. The SMILES string of the molecule is COc1cn(CC(=O)Nc2cc(C)cc(C)c2)c(CSc2nc(C)cs2)cc1=O. The molecule has 2 aromatic heterocycles. The Labute approximate surface area is 177 Å². The van der Waals surface area contributed by atoms with Crippen LogP contribution in [0.5, 0.6) is 5.75 Å². The van der Waals surface area contributed by atoms with Gasteiger partial charge in [-0.1, -0.05) is 17.8 Å². The van der Waals surface area contributed by atoms with Gasteiger partial charge in [-0.3, -0.25) is 9.59 Å². The molecule has 3 aromatic rings. The van der Waals surface area contributed by atoms with Crippen molar-refractivity contribution in [3.05, 3.63) is 68.6 Å². The van der Waals surface area contributed by atoms with E-state index in [9.17, 15) is 9.59 Å². The summed E-state index contributed by atoms with van der Waals surface area (Å²) in [5.41, 5.74) is 4.43. The Balaban J connectivity index is 1.80. The molecular formula is C21H23N3O3S2. The van der Waals surface area contributed by atoms with Crippen LogP contribution in [0, 0.1) is 20.8 Å². The highest BCUT2D eigenvalue weighted by atomic mass is 32.2. The Bertz CT molecular complexity index is 1070. The van der Waals surface area contributed by atoms with Crippen molar-refractivity contribution >= 4 is 34.7 Å². The second kappa shape index (κ2) is 9.28. The number of thiazole rings is 1. The van der Waals surface area contributed by atoms with Gasteiger partial charge in [0, 0.05) is 34.3 Å². The van der Waals surface area contributed by atoms with Gasteiger partial charge in [0.25, 0.3) is 0 Å². The lowest BCUT2D eigenvalue weighted by Gasteiger charge is -2.15. The molecule has 0 aliphatic heterocycles. The minimum atomic E-state index is -0.204. The number of thioether (sulfide) groups is 1. The highest BCUT2D eigenvalue weighted by Gasteiger charge is 2.12. The normalized spacial score (nSPS) is 10.8. The number of aromatic nitrogens is 2. The highest BCUT2D eigenvalue weighted by molar-refractivity contribution is 8.00. The zero-order valence-electron chi connectivity index (χ0n) is 16.8. The van der Waals surface area contributed by atoms with Crippen LogP contribution in [-0.4, -0.2) is 22.6 Å². The van der Waals surface area contributed by atoms with Crippen LogP contribution in [0.2, 0.25) is 0 Å². The predicted octanol–water partition coefficient (Wildman–Crippen LogP) is 4.17. The molecule has 29 heavy (non-hydrogen) atoms. The van der Waals surface area contributed by atoms with Crippen LogP contribution in [0.3, 0.4) is 0 Å². The lowest BCUT2D eigenvalue weighted by molar-refractivity contribution is -0.116. The number of hydrogen-bond acceptors (Lipinski definition) is 6. The summed E-state index contributed by atoms with van der Waals surface area (Å²) in [6.45, 7) is 6.01. The Morgan fingerprint density at radius 3 is 2.55 bits per heavy atom. The quantitative estimate of drug-likeness (QED) is 0.571. The van der Waals surface area contributed by atoms with E-state index in [4.69, 9.17) is 4.74 Å². The van der Waals surface area contributed by atoms with Crippen molar-refractivity contribution in [3.63, 3.8) is 0 Å². The molecule has 6 nitrogen and oxygen atoms in total. The van der Waals surface area contributed by atoms with E-state index < -0.39 is 0 Å². The first-order chi connectivity index (χ1) is 13.8. The summed E-state index contributed by atoms with van der Waals surface area (Å²) in [5, 5.41) is 4.92. The third-order valence-electron chi connectivity index (χ3n) is 4.16. The van der Waals surface area contributed by atoms with Crippen molar-refractivity contribution in [2.45, 2.75) is 37.4 Å². The van der Waals surface area contributed by atoms with Gasteiger partial charge < -0.3 is 14.6 Å². The minimum absolute atomic E-state index is 0.0798. The van der Waals surface area contributed by atoms with Crippen molar-refractivity contribution in [2.24, 2.45) is 0 Å². The first-order valence-corrected chi connectivity index (χ1v) is 10.9. The van der Waals surface area contributed by atoms with Crippen molar-refractivity contribution < 1.29 is 9.53 Å². The van der Waals surface area contributed by atoms with Crippen molar-refractivity contribution in [1.29, 1.82) is 0 Å². The molecule has 1 aromatic carbocycles. The number of anilines is 1. The van der Waals surface area contributed by atoms with Gasteiger partial charge in [0.1, 0.15) is 10.9 Å². The summed E-state index contributed by atoms with van der Waals surface area (Å²) < 4.78 is 7.84. The van der Waals surface area contributed by atoms with Gasteiger partial charge in [0.05, 0.1) is 13.3 Å². The Morgan fingerprint density at radius 2 is 1.93 bits per heavy atom. The number of aryl methyl sites for hydroxylation is 3. The molecule has 0 unspecified atom stereocenters. The molecule has 0 atom stereocenters. The number of hydrogen-bond donors (Lipinski definition) is 1. The van der Waals surface area contributed by atoms with E-state index in [0.717, 1.165) is 32.5 Å². The summed E-state index contributed by atoms with van der Waals surface area (Å²) in [7, 11) is 1.45. The molecule has 8 heteroatoms. The third kappa shape index (κ3) is 5.71. The zero-order chi connectivity index (χ0) is 21.0. The topological polar surface area (TPSA) is 73.2 Å². The van der Waals surface area contributed by atoms with Gasteiger partial charge >= 0.3 is 0 Å². The molecule has 0 aliphatic carbocycles. The van der Waals surface area contributed by atoms with E-state index in [2.05, 4.69) is 16.4 Å². The van der Waals surface area contributed by atoms with E-state index in [1.165, 1.54) is 13.2 Å². The second-order valence-electron chi connectivity index (χ2n) is 6.79. The van der Waals surface area contributed by atoms with Crippen LogP contribution < -0.4 is 15.5 Å². The van der Waals surface area contributed by atoms with Gasteiger partial charge in [-0.2, -0.15) is 0 Å². The fourth-order valence-electron chi connectivity index (χ4n) is 2.95. The van der Waals surface area contributed by atoms with E-state index >= 15 is 0 Å². The number of carbonyl (C=O) groups is 1. The number of ether oxygens (including phenoxy) is 1. The van der Waals surface area contributed by atoms with E-state index in [-0.39, 0.29) is 23.6 Å². The molecular weight excluding hydrogens is 406 g/mol. The van der Waals surface area contributed by atoms with E-state index in [0.29, 0.717) is 5.75 Å². The lowest BCUT2D eigenvalue weighted by Crippen LogP contribution is -2.22. The molecule has 152 valence electrons. The molecule has 0 spiro atoms. The molecule has 0 radical (unpaired) electrons. The summed E-state index contributed by atoms with van der Waals surface area (Å²) in [5.74, 6) is 0.573. The first-order valence-electron chi connectivity index (χ1n) is 9.04. The third-order valence-corrected chi connectivity index (χ3v) is 6.34. The first kappa shape index (κ1) is 21.1. The molecule has 1 N–H and O–H groups in total. The number of amides is 1. The summed E-state index contributed by atoms with van der Waals surface area (Å²) >= 11 is 3.11. The molecule has 1 amide bonds. The molecule has 3 rings (SSSR count). The maximum absolute atomic E-state index is 12.7. The van der Waals surface area contributed by atoms with Gasteiger partial charge in [-0.25, -0.2) is 4.98 Å². The molecule has 0 saturated carbocycles. The summed E-state index contributed by atoms with van der Waals surface area (Å²) in [4.78, 5) is 29.3. The number of nitrogens with zero attached hydrogens (tertiary/aromatic N) is 2. The molecule has 0 saturated heterocycles. The molecule has 0 aliphatic rings. The largest absolute Gasteiger partial charge is 0.491 e. The fourth-order valence-corrected chi connectivity index (χ4v) is 4.80. The minimum Gasteiger partial charge on any atom is -0.491 e. The van der Waals surface area contributed by atoms with Gasteiger partial charge in [0.15, 0.2) is 5.75 Å². The van der Waals surface area contributed by atoms with Gasteiger partial charge in [0.2, 0.25) is 11.3 Å². The van der Waals surface area contributed by atoms with E-state index in [1.54, 1.807) is 33.9 Å². The average molecular weight is 430 g/mol. The van der Waals surface area contributed by atoms with Crippen LogP contribution in [0.25, 0.3) is 0 Å². The van der Waals surface area contributed by atoms with Crippen LogP contribution in [0.1, 0.15) is 22.5 Å². The smallest absolute Gasteiger partial charge is 0.244 e. The monoisotopic (exact) mass is 429 g/mol. The number of benzene rings is 1. The van der Waals surface area contributed by atoms with Crippen molar-refractivity contribution in [2.75, 3.05) is 12.4 Å². The van der Waals surface area contributed by atoms with Crippen LogP contribution in [0.4, 0.5) is 5.69 Å². The average Bonchev–Trinajstić information content (AvgIpc) is 3.06. The molecule has 2 heterocycles. The number of rotatable bonds is 7. The molecule has 0 fully saturated rings. The maximum atomic E-state index is 12.7. The summed E-state index contributed by atoms with van der Waals surface area (Å²) in [6, 6.07) is 7.44. The zero-order valence-corrected chi connectivity index (χ0v) is 18.4. The van der Waals surface area contributed by atoms with Crippen LogP contribution >= 0.6 is 23.1 Å². The van der Waals surface area contributed by atoms with Gasteiger partial charge in [-0.05, 0) is 44.0 Å². The van der Waals surface area contributed by atoms with E-state index in [1.807, 2.05) is 38.3 Å². The Hall–Kier alpha value is -2.58. The van der Waals surface area contributed by atoms with Crippen molar-refractivity contribution in [3.8, 4) is 5.75 Å². The van der Waals surface area contributed by atoms with Crippen molar-refractivity contribution in [1.82, 2.24) is 9.55 Å². The maximum Gasteiger partial charge on any atom is 0.244 e. The number of carbonyl (C=O) groups excluding carboxylic acids is 1. The van der Waals surface area contributed by atoms with Gasteiger partial charge in [-0.15, -0.1) is 11.3 Å².